The summed E-state index contributed by atoms with van der Waals surface area (Å²) in [5.74, 6) is -0.000362. The average Bonchev–Trinajstić information content (AvgIpc) is 3.37. The van der Waals surface area contributed by atoms with Crippen LogP contribution in [0.2, 0.25) is 0 Å². The number of amides is 2. The predicted molar refractivity (Wildman–Crippen MR) is 159 cm³/mol. The first-order chi connectivity index (χ1) is 20.6. The molecule has 230 valence electrons. The molecule has 1 aromatic carbocycles. The predicted octanol–water partition coefficient (Wildman–Crippen LogP) is 5.09. The number of nitrogens with one attached hydrogen (secondary N) is 1. The summed E-state index contributed by atoms with van der Waals surface area (Å²) in [6.45, 7) is 6.11. The van der Waals surface area contributed by atoms with E-state index in [1.807, 2.05) is 12.1 Å². The molecule has 3 aliphatic rings. The second-order valence-corrected chi connectivity index (χ2v) is 13.0. The molecular formula is C32H40FN5O5. The fourth-order valence-corrected chi connectivity index (χ4v) is 6.32. The van der Waals surface area contributed by atoms with Crippen molar-refractivity contribution in [2.24, 2.45) is 5.92 Å². The Morgan fingerprint density at radius 3 is 2.47 bits per heavy atom. The van der Waals surface area contributed by atoms with Gasteiger partial charge in [0.15, 0.2) is 5.65 Å². The molecule has 2 saturated heterocycles. The molecule has 0 bridgehead atoms. The molecule has 1 saturated carbocycles. The lowest BCUT2D eigenvalue weighted by Crippen LogP contribution is -2.51. The highest BCUT2D eigenvalue weighted by Gasteiger charge is 2.39. The summed E-state index contributed by atoms with van der Waals surface area (Å²) in [5.41, 5.74) is 2.35. The first-order valence-corrected chi connectivity index (χ1v) is 15.3. The van der Waals surface area contributed by atoms with Crippen LogP contribution >= 0.6 is 0 Å². The van der Waals surface area contributed by atoms with Crippen LogP contribution in [0.5, 0.6) is 0 Å². The summed E-state index contributed by atoms with van der Waals surface area (Å²) in [5, 5.41) is 4.56. The average molecular weight is 594 g/mol. The Hall–Kier alpha value is -3.73. The highest BCUT2D eigenvalue weighted by atomic mass is 19.1. The standard InChI is InChI=1S/C32H40FN5O5/c1-32(2,3)43-31(41)36-13-14-42-25(19-36)28-27(30(40)37-17-20(16-33)18-37)29-34-24(15-26(39)38(29)35-28)23-11-9-22(10-12-23)21-7-5-4-6-8-21/h9-12,15,20-21,25,34H,4-8,13-14,16-19H2,1-3H3. The van der Waals surface area contributed by atoms with Gasteiger partial charge in [-0.1, -0.05) is 43.5 Å². The zero-order valence-corrected chi connectivity index (χ0v) is 25.1. The molecule has 2 amide bonds. The van der Waals surface area contributed by atoms with Crippen LogP contribution in [0.4, 0.5) is 9.18 Å². The number of carbonyl (C=O) groups is 2. The summed E-state index contributed by atoms with van der Waals surface area (Å²) in [4.78, 5) is 46.5. The van der Waals surface area contributed by atoms with E-state index in [4.69, 9.17) is 9.47 Å². The minimum Gasteiger partial charge on any atom is -0.444 e. The van der Waals surface area contributed by atoms with E-state index in [0.717, 1.165) is 5.56 Å². The molecule has 3 aromatic rings. The van der Waals surface area contributed by atoms with E-state index < -0.39 is 30.0 Å². The Balaban J connectivity index is 1.37. The number of aromatic amines is 1. The lowest BCUT2D eigenvalue weighted by atomic mass is 9.84. The van der Waals surface area contributed by atoms with E-state index in [1.165, 1.54) is 53.1 Å². The van der Waals surface area contributed by atoms with Gasteiger partial charge in [-0.25, -0.2) is 4.79 Å². The number of carbonyl (C=O) groups excluding carboxylic acids is 2. The van der Waals surface area contributed by atoms with Crippen molar-refractivity contribution in [3.63, 3.8) is 0 Å². The smallest absolute Gasteiger partial charge is 0.410 e. The van der Waals surface area contributed by atoms with Gasteiger partial charge in [0, 0.05) is 31.6 Å². The zero-order valence-electron chi connectivity index (χ0n) is 25.1. The number of hydrogen-bond acceptors (Lipinski definition) is 6. The van der Waals surface area contributed by atoms with Crippen LogP contribution in [0.1, 0.15) is 86.5 Å². The SMILES string of the molecule is CC(C)(C)OC(=O)N1CCOC(c2nn3c(=O)cc(-c4ccc(C5CCCCC5)cc4)[nH]c3c2C(=O)N2CC(CF)C2)C1. The van der Waals surface area contributed by atoms with Crippen molar-refractivity contribution in [1.29, 1.82) is 0 Å². The summed E-state index contributed by atoms with van der Waals surface area (Å²) >= 11 is 0. The summed E-state index contributed by atoms with van der Waals surface area (Å²) in [7, 11) is 0. The third kappa shape index (κ3) is 6.04. The third-order valence-corrected chi connectivity index (χ3v) is 8.64. The van der Waals surface area contributed by atoms with Crippen molar-refractivity contribution in [2.45, 2.75) is 70.5 Å². The molecule has 10 nitrogen and oxygen atoms in total. The number of hydrogen-bond donors (Lipinski definition) is 1. The molecule has 6 rings (SSSR count). The van der Waals surface area contributed by atoms with Gasteiger partial charge in [-0.3, -0.25) is 14.0 Å². The topological polar surface area (TPSA) is 109 Å². The van der Waals surface area contributed by atoms with Crippen LogP contribution in [0.3, 0.4) is 0 Å². The van der Waals surface area contributed by atoms with Crippen LogP contribution in [-0.4, -0.2) is 81.5 Å². The van der Waals surface area contributed by atoms with Crippen molar-refractivity contribution in [3.05, 3.63) is 57.5 Å². The highest BCUT2D eigenvalue weighted by Crippen LogP contribution is 2.34. The van der Waals surface area contributed by atoms with Gasteiger partial charge in [0.1, 0.15) is 23.0 Å². The number of aromatic nitrogens is 3. The van der Waals surface area contributed by atoms with Gasteiger partial charge in [-0.2, -0.15) is 9.61 Å². The van der Waals surface area contributed by atoms with Gasteiger partial charge in [0.2, 0.25) is 0 Å². The molecule has 2 aliphatic heterocycles. The number of ether oxygens (including phenoxy) is 2. The Labute approximate surface area is 250 Å². The molecule has 4 heterocycles. The molecule has 2 aromatic heterocycles. The van der Waals surface area contributed by atoms with E-state index >= 15 is 0 Å². The molecule has 3 fully saturated rings. The van der Waals surface area contributed by atoms with Gasteiger partial charge in [-0.05, 0) is 50.7 Å². The second-order valence-electron chi connectivity index (χ2n) is 13.0. The number of halogens is 1. The monoisotopic (exact) mass is 593 g/mol. The maximum absolute atomic E-state index is 13.9. The van der Waals surface area contributed by atoms with Gasteiger partial charge in [-0.15, -0.1) is 0 Å². The number of alkyl halides is 1. The minimum atomic E-state index is -0.760. The first kappa shape index (κ1) is 29.3. The van der Waals surface area contributed by atoms with E-state index in [9.17, 15) is 18.8 Å². The summed E-state index contributed by atoms with van der Waals surface area (Å²) < 4.78 is 26.0. The van der Waals surface area contributed by atoms with Gasteiger partial charge < -0.3 is 24.3 Å². The van der Waals surface area contributed by atoms with E-state index in [2.05, 4.69) is 22.2 Å². The van der Waals surface area contributed by atoms with Crippen LogP contribution in [0, 0.1) is 5.92 Å². The molecular weight excluding hydrogens is 553 g/mol. The fraction of sp³-hybridized carbons (Fsp3) is 0.562. The van der Waals surface area contributed by atoms with Crippen molar-refractivity contribution in [1.82, 2.24) is 24.4 Å². The molecule has 43 heavy (non-hydrogen) atoms. The summed E-state index contributed by atoms with van der Waals surface area (Å²) in [6.07, 6.45) is 4.94. The van der Waals surface area contributed by atoms with Crippen LogP contribution < -0.4 is 5.56 Å². The highest BCUT2D eigenvalue weighted by molar-refractivity contribution is 6.02. The molecule has 1 unspecified atom stereocenters. The fourth-order valence-electron chi connectivity index (χ4n) is 6.32. The number of nitrogens with zero attached hydrogens (tertiary/aromatic N) is 4. The molecule has 0 radical (unpaired) electrons. The largest absolute Gasteiger partial charge is 0.444 e. The zero-order chi connectivity index (χ0) is 30.3. The maximum atomic E-state index is 13.9. The van der Waals surface area contributed by atoms with Crippen molar-refractivity contribution in [2.75, 3.05) is 39.5 Å². The molecule has 1 atom stereocenters. The number of benzene rings is 1. The van der Waals surface area contributed by atoms with E-state index in [-0.39, 0.29) is 55.0 Å². The number of morpholine rings is 1. The lowest BCUT2D eigenvalue weighted by molar-refractivity contribution is -0.0450. The van der Waals surface area contributed by atoms with Gasteiger partial charge in [0.05, 0.1) is 25.5 Å². The minimum absolute atomic E-state index is 0.107. The number of H-pyrrole nitrogens is 1. The Bertz CT molecular complexity index is 1550. The van der Waals surface area contributed by atoms with E-state index in [0.29, 0.717) is 18.2 Å². The third-order valence-electron chi connectivity index (χ3n) is 8.64. The van der Waals surface area contributed by atoms with Crippen molar-refractivity contribution >= 4 is 17.6 Å². The molecule has 1 N–H and O–H groups in total. The Morgan fingerprint density at radius 1 is 1.07 bits per heavy atom. The molecule has 1 aliphatic carbocycles. The van der Waals surface area contributed by atoms with Gasteiger partial charge in [0.25, 0.3) is 11.5 Å². The van der Waals surface area contributed by atoms with Crippen LogP contribution in [0.25, 0.3) is 16.9 Å². The normalized spacial score (nSPS) is 20.3. The number of fused-ring (bicyclic) bond motifs is 1. The maximum Gasteiger partial charge on any atom is 0.410 e. The van der Waals surface area contributed by atoms with Crippen LogP contribution in [-0.2, 0) is 9.47 Å². The lowest BCUT2D eigenvalue weighted by Gasteiger charge is -2.38. The Morgan fingerprint density at radius 2 is 1.79 bits per heavy atom. The quantitative estimate of drug-likeness (QED) is 0.442. The molecule has 0 spiro atoms. The van der Waals surface area contributed by atoms with Crippen molar-refractivity contribution in [3.8, 4) is 11.3 Å². The first-order valence-electron chi connectivity index (χ1n) is 15.3. The van der Waals surface area contributed by atoms with E-state index in [1.54, 1.807) is 25.7 Å². The van der Waals surface area contributed by atoms with Crippen molar-refractivity contribution < 1.29 is 23.5 Å². The number of likely N-dealkylation sites (tertiary alicyclic amines) is 1. The number of rotatable bonds is 5. The molecule has 11 heteroatoms. The second kappa shape index (κ2) is 11.7. The Kier molecular flexibility index (Phi) is 8.02. The van der Waals surface area contributed by atoms with Gasteiger partial charge >= 0.3 is 6.09 Å². The summed E-state index contributed by atoms with van der Waals surface area (Å²) in [6, 6.07) is 9.74. The van der Waals surface area contributed by atoms with Crippen LogP contribution in [0.15, 0.2) is 35.1 Å².